The van der Waals surface area contributed by atoms with Crippen molar-refractivity contribution in [1.82, 2.24) is 10.2 Å². The minimum absolute atomic E-state index is 0.108. The van der Waals surface area contributed by atoms with Gasteiger partial charge in [-0.3, -0.25) is 0 Å². The van der Waals surface area contributed by atoms with Crippen molar-refractivity contribution < 1.29 is 9.53 Å². The Morgan fingerprint density at radius 2 is 2.35 bits per heavy atom. The lowest BCUT2D eigenvalue weighted by molar-refractivity contribution is -0.137. The maximum atomic E-state index is 11.5. The van der Waals surface area contributed by atoms with Crippen molar-refractivity contribution in [2.45, 2.75) is 6.92 Å². The Labute approximate surface area is 100 Å². The second-order valence-electron chi connectivity index (χ2n) is 3.49. The van der Waals surface area contributed by atoms with E-state index in [1.165, 1.54) is 0 Å². The Kier molecular flexibility index (Phi) is 4.45. The number of rotatable bonds is 4. The van der Waals surface area contributed by atoms with Crippen molar-refractivity contribution in [3.8, 4) is 0 Å². The molecule has 0 aromatic heterocycles. The number of allylic oxidation sites excluding steroid dienone is 1. The largest absolute Gasteiger partial charge is 0.462 e. The Morgan fingerprint density at radius 3 is 2.76 bits per heavy atom. The van der Waals surface area contributed by atoms with Crippen LogP contribution in [-0.4, -0.2) is 44.0 Å². The van der Waals surface area contributed by atoms with Gasteiger partial charge in [-0.25, -0.2) is 9.79 Å². The molecule has 17 heavy (non-hydrogen) atoms. The van der Waals surface area contributed by atoms with Gasteiger partial charge in [0.05, 0.1) is 18.5 Å². The average molecular weight is 236 g/mol. The van der Waals surface area contributed by atoms with Gasteiger partial charge < -0.3 is 20.4 Å². The molecule has 0 saturated carbocycles. The van der Waals surface area contributed by atoms with Crippen LogP contribution >= 0.6 is 0 Å². The first kappa shape index (κ1) is 13.0. The molecule has 0 amide bonds. The lowest BCUT2D eigenvalue weighted by Gasteiger charge is -2.18. The molecular weight excluding hydrogens is 220 g/mol. The van der Waals surface area contributed by atoms with Crippen molar-refractivity contribution in [1.29, 1.82) is 5.41 Å². The van der Waals surface area contributed by atoms with Crippen LogP contribution in [-0.2, 0) is 9.53 Å². The van der Waals surface area contributed by atoms with Crippen LogP contribution in [0, 0.1) is 5.41 Å². The summed E-state index contributed by atoms with van der Waals surface area (Å²) >= 11 is 0. The van der Waals surface area contributed by atoms with Crippen molar-refractivity contribution in [3.05, 3.63) is 23.3 Å². The summed E-state index contributed by atoms with van der Waals surface area (Å²) in [6.07, 6.45) is 4.27. The highest BCUT2D eigenvalue weighted by molar-refractivity contribution is 6.09. The number of ether oxygens (including phenoxy) is 1. The van der Waals surface area contributed by atoms with Crippen molar-refractivity contribution >= 4 is 18.4 Å². The third-order valence-corrected chi connectivity index (χ3v) is 2.09. The van der Waals surface area contributed by atoms with E-state index in [0.717, 1.165) is 11.9 Å². The molecule has 0 atom stereocenters. The fourth-order valence-electron chi connectivity index (χ4n) is 1.17. The number of nitrogens with zero attached hydrogens (tertiary/aromatic N) is 2. The van der Waals surface area contributed by atoms with Crippen LogP contribution in [0.25, 0.3) is 0 Å². The zero-order chi connectivity index (χ0) is 12.8. The Hall–Kier alpha value is -2.11. The molecule has 92 valence electrons. The first-order valence-corrected chi connectivity index (χ1v) is 5.20. The van der Waals surface area contributed by atoms with E-state index in [1.54, 1.807) is 19.3 Å². The highest BCUT2D eigenvalue weighted by Crippen LogP contribution is 2.09. The van der Waals surface area contributed by atoms with Gasteiger partial charge in [-0.2, -0.15) is 0 Å². The fraction of sp³-hybridized carbons (Fsp3) is 0.364. The second-order valence-corrected chi connectivity index (χ2v) is 3.49. The summed E-state index contributed by atoms with van der Waals surface area (Å²) in [6, 6.07) is 0. The highest BCUT2D eigenvalue weighted by Gasteiger charge is 2.15. The first-order chi connectivity index (χ1) is 8.10. The van der Waals surface area contributed by atoms with Gasteiger partial charge in [-0.15, -0.1) is 0 Å². The van der Waals surface area contributed by atoms with Crippen LogP contribution in [0.2, 0.25) is 0 Å². The van der Waals surface area contributed by atoms with E-state index in [1.807, 2.05) is 19.0 Å². The van der Waals surface area contributed by atoms with E-state index in [0.29, 0.717) is 5.82 Å². The SMILES string of the molecule is CCOC(=O)/C(C=N)=C1\N=CC(N(C)C)=CN1. The maximum Gasteiger partial charge on any atom is 0.343 e. The lowest BCUT2D eigenvalue weighted by Crippen LogP contribution is -2.23. The number of aliphatic imine (C=N–C) groups is 1. The summed E-state index contributed by atoms with van der Waals surface area (Å²) in [4.78, 5) is 17.5. The van der Waals surface area contributed by atoms with Crippen molar-refractivity contribution in [2.75, 3.05) is 20.7 Å². The summed E-state index contributed by atoms with van der Waals surface area (Å²) in [5.41, 5.74) is 0.985. The summed E-state index contributed by atoms with van der Waals surface area (Å²) in [5, 5.41) is 10.1. The normalized spacial score (nSPS) is 16.8. The average Bonchev–Trinajstić information content (AvgIpc) is 2.31. The minimum atomic E-state index is -0.552. The third kappa shape index (κ3) is 3.17. The van der Waals surface area contributed by atoms with E-state index in [4.69, 9.17) is 10.1 Å². The molecule has 1 heterocycles. The van der Waals surface area contributed by atoms with E-state index < -0.39 is 5.97 Å². The number of carbonyl (C=O) groups is 1. The molecule has 0 aromatic rings. The summed E-state index contributed by atoms with van der Waals surface area (Å²) in [5.74, 6) is -0.229. The van der Waals surface area contributed by atoms with Crippen LogP contribution in [0.4, 0.5) is 0 Å². The molecule has 1 aliphatic heterocycles. The monoisotopic (exact) mass is 236 g/mol. The molecule has 0 radical (unpaired) electrons. The maximum absolute atomic E-state index is 11.5. The Morgan fingerprint density at radius 1 is 1.65 bits per heavy atom. The molecule has 1 aliphatic rings. The quantitative estimate of drug-likeness (QED) is 0.423. The van der Waals surface area contributed by atoms with Gasteiger partial charge in [-0.1, -0.05) is 0 Å². The summed E-state index contributed by atoms with van der Waals surface area (Å²) in [6.45, 7) is 1.98. The van der Waals surface area contributed by atoms with Gasteiger partial charge in [-0.05, 0) is 6.92 Å². The minimum Gasteiger partial charge on any atom is -0.462 e. The number of hydrogen-bond donors (Lipinski definition) is 2. The number of nitrogens with one attached hydrogen (secondary N) is 2. The van der Waals surface area contributed by atoms with Crippen LogP contribution in [0.3, 0.4) is 0 Å². The van der Waals surface area contributed by atoms with Crippen LogP contribution in [0.5, 0.6) is 0 Å². The van der Waals surface area contributed by atoms with Crippen molar-refractivity contribution in [2.24, 2.45) is 4.99 Å². The molecule has 2 N–H and O–H groups in total. The summed E-state index contributed by atoms with van der Waals surface area (Å²) in [7, 11) is 3.77. The number of esters is 1. The van der Waals surface area contributed by atoms with Gasteiger partial charge in [0.15, 0.2) is 0 Å². The fourth-order valence-corrected chi connectivity index (χ4v) is 1.17. The second kappa shape index (κ2) is 5.83. The third-order valence-electron chi connectivity index (χ3n) is 2.09. The molecular formula is C11H16N4O2. The van der Waals surface area contributed by atoms with E-state index in [9.17, 15) is 4.79 Å². The first-order valence-electron chi connectivity index (χ1n) is 5.20. The molecule has 0 unspecified atom stereocenters. The predicted octanol–water partition coefficient (Wildman–Crippen LogP) is 0.488. The molecule has 0 bridgehead atoms. The smallest absolute Gasteiger partial charge is 0.343 e. The summed E-state index contributed by atoms with van der Waals surface area (Å²) < 4.78 is 4.83. The van der Waals surface area contributed by atoms with Crippen LogP contribution in [0.1, 0.15) is 6.92 Å². The van der Waals surface area contributed by atoms with E-state index in [2.05, 4.69) is 10.3 Å². The highest BCUT2D eigenvalue weighted by atomic mass is 16.5. The molecule has 0 aliphatic carbocycles. The van der Waals surface area contributed by atoms with Crippen LogP contribution in [0.15, 0.2) is 28.3 Å². The zero-order valence-corrected chi connectivity index (χ0v) is 10.2. The zero-order valence-electron chi connectivity index (χ0n) is 10.2. The molecule has 0 saturated heterocycles. The standard InChI is InChI=1S/C11H16N4O2/c1-4-17-11(16)9(5-12)10-13-6-8(7-14-10)15(2)3/h5-7,12-13H,4H2,1-3H3/b10-9-,12-5?. The van der Waals surface area contributed by atoms with Gasteiger partial charge in [0.1, 0.15) is 11.4 Å². The lowest BCUT2D eigenvalue weighted by atomic mass is 10.2. The molecule has 6 nitrogen and oxygen atoms in total. The molecule has 1 rings (SSSR count). The Bertz CT molecular complexity index is 408. The topological polar surface area (TPSA) is 77.8 Å². The van der Waals surface area contributed by atoms with E-state index >= 15 is 0 Å². The molecule has 0 spiro atoms. The predicted molar refractivity (Wildman–Crippen MR) is 65.8 cm³/mol. The number of carbonyl (C=O) groups excluding carboxylic acids is 1. The van der Waals surface area contributed by atoms with Gasteiger partial charge >= 0.3 is 5.97 Å². The molecule has 0 aromatic carbocycles. The molecule has 6 heteroatoms. The Balaban J connectivity index is 2.90. The van der Waals surface area contributed by atoms with E-state index in [-0.39, 0.29) is 12.2 Å². The van der Waals surface area contributed by atoms with Gasteiger partial charge in [0, 0.05) is 26.5 Å². The number of hydrogen-bond acceptors (Lipinski definition) is 6. The van der Waals surface area contributed by atoms with Gasteiger partial charge in [0.25, 0.3) is 0 Å². The van der Waals surface area contributed by atoms with Crippen molar-refractivity contribution in [3.63, 3.8) is 0 Å². The van der Waals surface area contributed by atoms with Crippen LogP contribution < -0.4 is 5.32 Å². The molecule has 0 fully saturated rings. The van der Waals surface area contributed by atoms with Gasteiger partial charge in [0.2, 0.25) is 0 Å².